The van der Waals surface area contributed by atoms with E-state index in [1.807, 2.05) is 13.0 Å². The van der Waals surface area contributed by atoms with Crippen LogP contribution in [-0.4, -0.2) is 32.9 Å². The van der Waals surface area contributed by atoms with Gasteiger partial charge in [0.25, 0.3) is 5.91 Å². The van der Waals surface area contributed by atoms with Gasteiger partial charge in [-0.25, -0.2) is 5.43 Å². The normalized spacial score (nSPS) is 22.9. The zero-order valence-corrected chi connectivity index (χ0v) is 12.6. The minimum Gasteiger partial charge on any atom is -0.493 e. The van der Waals surface area contributed by atoms with Gasteiger partial charge in [0.05, 0.1) is 32.5 Å². The zero-order chi connectivity index (χ0) is 15.2. The van der Waals surface area contributed by atoms with Crippen molar-refractivity contribution in [1.82, 2.24) is 5.43 Å². The highest BCUT2D eigenvalue weighted by atomic mass is 16.5. The first-order valence-corrected chi connectivity index (χ1v) is 6.77. The lowest BCUT2D eigenvalue weighted by atomic mass is 9.71. The molecule has 1 aliphatic heterocycles. The second-order valence-electron chi connectivity index (χ2n) is 5.41. The van der Waals surface area contributed by atoms with E-state index in [-0.39, 0.29) is 5.91 Å². The third-order valence-electron chi connectivity index (χ3n) is 4.34. The Morgan fingerprint density at radius 3 is 2.52 bits per heavy atom. The second kappa shape index (κ2) is 4.65. The van der Waals surface area contributed by atoms with Crippen LogP contribution in [-0.2, 0) is 11.2 Å². The molecule has 1 N–H and O–H groups in total. The number of hydrogen-bond acceptors (Lipinski definition) is 5. The molecule has 0 radical (unpaired) electrons. The van der Waals surface area contributed by atoms with Crippen molar-refractivity contribution in [2.24, 2.45) is 10.5 Å². The Bertz CT molecular complexity index is 654. The van der Waals surface area contributed by atoms with Gasteiger partial charge in [-0.1, -0.05) is 0 Å². The number of ether oxygens (including phenoxy) is 3. The van der Waals surface area contributed by atoms with Crippen molar-refractivity contribution in [1.29, 1.82) is 0 Å². The third-order valence-corrected chi connectivity index (χ3v) is 4.34. The first-order valence-electron chi connectivity index (χ1n) is 6.77. The molecule has 1 atom stereocenters. The molecule has 0 saturated heterocycles. The summed E-state index contributed by atoms with van der Waals surface area (Å²) in [6, 6.07) is 1.93. The highest BCUT2D eigenvalue weighted by molar-refractivity contribution is 6.22. The van der Waals surface area contributed by atoms with E-state index < -0.39 is 5.41 Å². The van der Waals surface area contributed by atoms with Crippen LogP contribution in [0.3, 0.4) is 0 Å². The maximum Gasteiger partial charge on any atom is 0.252 e. The average molecular weight is 290 g/mol. The summed E-state index contributed by atoms with van der Waals surface area (Å²) in [6.07, 6.45) is 1.47. The van der Waals surface area contributed by atoms with Gasteiger partial charge in [0.1, 0.15) is 0 Å². The molecule has 6 heteroatoms. The lowest BCUT2D eigenvalue weighted by molar-refractivity contribution is -0.125. The molecule has 2 aliphatic rings. The molecule has 112 valence electrons. The Balaban J connectivity index is 2.28. The van der Waals surface area contributed by atoms with Gasteiger partial charge >= 0.3 is 0 Å². The number of nitrogens with one attached hydrogen (secondary N) is 1. The van der Waals surface area contributed by atoms with Gasteiger partial charge in [-0.2, -0.15) is 5.10 Å². The summed E-state index contributed by atoms with van der Waals surface area (Å²) in [5.41, 5.74) is 4.57. The highest BCUT2D eigenvalue weighted by Crippen LogP contribution is 2.49. The Morgan fingerprint density at radius 1 is 1.19 bits per heavy atom. The number of fused-ring (bicyclic) bond motifs is 3. The van der Waals surface area contributed by atoms with Gasteiger partial charge in [-0.3, -0.25) is 4.79 Å². The number of hydrogen-bond donors (Lipinski definition) is 1. The van der Waals surface area contributed by atoms with E-state index in [2.05, 4.69) is 10.5 Å². The maximum absolute atomic E-state index is 12.1. The van der Waals surface area contributed by atoms with Crippen LogP contribution in [0.2, 0.25) is 0 Å². The molecular formula is C15H18N2O4. The van der Waals surface area contributed by atoms with E-state index in [9.17, 15) is 4.79 Å². The number of nitrogens with zero attached hydrogens (tertiary/aromatic N) is 1. The minimum atomic E-state index is -0.611. The minimum absolute atomic E-state index is 0.0695. The number of carbonyl (C=O) groups is 1. The van der Waals surface area contributed by atoms with Crippen molar-refractivity contribution >= 4 is 11.6 Å². The summed E-state index contributed by atoms with van der Waals surface area (Å²) in [5.74, 6) is 1.63. The van der Waals surface area contributed by atoms with E-state index in [4.69, 9.17) is 14.2 Å². The molecule has 0 spiro atoms. The second-order valence-corrected chi connectivity index (χ2v) is 5.41. The van der Waals surface area contributed by atoms with Gasteiger partial charge in [0.15, 0.2) is 11.5 Å². The fourth-order valence-corrected chi connectivity index (χ4v) is 3.07. The Labute approximate surface area is 123 Å². The molecule has 1 aliphatic carbocycles. The smallest absolute Gasteiger partial charge is 0.252 e. The largest absolute Gasteiger partial charge is 0.493 e. The van der Waals surface area contributed by atoms with Crippen molar-refractivity contribution in [3.8, 4) is 17.2 Å². The van der Waals surface area contributed by atoms with Crippen molar-refractivity contribution in [2.45, 2.75) is 19.8 Å². The number of hydrazone groups is 1. The summed E-state index contributed by atoms with van der Waals surface area (Å²) in [6.45, 7) is 1.91. The molecular weight excluding hydrogens is 272 g/mol. The van der Waals surface area contributed by atoms with Gasteiger partial charge in [0.2, 0.25) is 5.75 Å². The summed E-state index contributed by atoms with van der Waals surface area (Å²) in [5, 5.41) is 4.23. The van der Waals surface area contributed by atoms with Crippen LogP contribution in [0.4, 0.5) is 0 Å². The molecule has 21 heavy (non-hydrogen) atoms. The highest BCUT2D eigenvalue weighted by Gasteiger charge is 2.48. The van der Waals surface area contributed by atoms with Crippen LogP contribution in [0, 0.1) is 5.41 Å². The lowest BCUT2D eigenvalue weighted by Gasteiger charge is -2.31. The molecule has 1 aromatic carbocycles. The SMILES string of the molecule is COc1cc2c(c(OC)c1OC)C1=NNC(=O)C1(C)CC2. The van der Waals surface area contributed by atoms with Gasteiger partial charge in [-0.05, 0) is 31.4 Å². The standard InChI is InChI=1S/C15H18N2O4/c1-15-6-5-8-7-9(19-2)11(20-3)12(21-4)10(8)13(15)16-17-14(15)18/h7H,5-6H2,1-4H3,(H,17,18). The molecule has 1 unspecified atom stereocenters. The zero-order valence-electron chi connectivity index (χ0n) is 12.6. The predicted molar refractivity (Wildman–Crippen MR) is 77.2 cm³/mol. The number of methoxy groups -OCH3 is 3. The van der Waals surface area contributed by atoms with Crippen LogP contribution >= 0.6 is 0 Å². The Morgan fingerprint density at radius 2 is 1.90 bits per heavy atom. The van der Waals surface area contributed by atoms with Gasteiger partial charge < -0.3 is 14.2 Å². The molecule has 1 amide bonds. The summed E-state index contributed by atoms with van der Waals surface area (Å²) in [7, 11) is 4.73. The monoisotopic (exact) mass is 290 g/mol. The molecule has 1 aromatic rings. The van der Waals surface area contributed by atoms with Gasteiger partial charge in [-0.15, -0.1) is 0 Å². The number of rotatable bonds is 3. The Hall–Kier alpha value is -2.24. The fourth-order valence-electron chi connectivity index (χ4n) is 3.07. The van der Waals surface area contributed by atoms with Crippen molar-refractivity contribution in [3.63, 3.8) is 0 Å². The van der Waals surface area contributed by atoms with Crippen molar-refractivity contribution in [2.75, 3.05) is 21.3 Å². The molecule has 3 rings (SSSR count). The molecule has 0 aromatic heterocycles. The van der Waals surface area contributed by atoms with Crippen LogP contribution < -0.4 is 19.6 Å². The third kappa shape index (κ3) is 1.71. The number of carbonyl (C=O) groups excluding carboxylic acids is 1. The van der Waals surface area contributed by atoms with E-state index in [0.717, 1.165) is 17.5 Å². The van der Waals surface area contributed by atoms with Crippen LogP contribution in [0.1, 0.15) is 24.5 Å². The first-order chi connectivity index (χ1) is 10.1. The van der Waals surface area contributed by atoms with Crippen LogP contribution in [0.25, 0.3) is 0 Å². The predicted octanol–water partition coefficient (Wildman–Crippen LogP) is 1.50. The van der Waals surface area contributed by atoms with Crippen molar-refractivity contribution in [3.05, 3.63) is 17.2 Å². The van der Waals surface area contributed by atoms with E-state index in [1.54, 1.807) is 21.3 Å². The lowest BCUT2D eigenvalue weighted by Crippen LogP contribution is -2.39. The molecule has 6 nitrogen and oxygen atoms in total. The summed E-state index contributed by atoms with van der Waals surface area (Å²) in [4.78, 5) is 12.1. The van der Waals surface area contributed by atoms with Crippen LogP contribution in [0.5, 0.6) is 17.2 Å². The number of amides is 1. The molecule has 0 saturated carbocycles. The Kier molecular flexibility index (Phi) is 3.04. The fraction of sp³-hybridized carbons (Fsp3) is 0.467. The average Bonchev–Trinajstić information content (AvgIpc) is 2.80. The van der Waals surface area contributed by atoms with E-state index >= 15 is 0 Å². The topological polar surface area (TPSA) is 69.2 Å². The molecule has 0 bridgehead atoms. The first kappa shape index (κ1) is 13.7. The molecule has 0 fully saturated rings. The van der Waals surface area contributed by atoms with E-state index in [1.165, 1.54) is 0 Å². The maximum atomic E-state index is 12.1. The van der Waals surface area contributed by atoms with E-state index in [0.29, 0.717) is 29.4 Å². The summed E-state index contributed by atoms with van der Waals surface area (Å²) >= 11 is 0. The van der Waals surface area contributed by atoms with Crippen molar-refractivity contribution < 1.29 is 19.0 Å². The van der Waals surface area contributed by atoms with Gasteiger partial charge in [0, 0.05) is 5.56 Å². The summed E-state index contributed by atoms with van der Waals surface area (Å²) < 4.78 is 16.3. The number of benzene rings is 1. The number of aryl methyl sites for hydroxylation is 1. The molecule has 1 heterocycles. The van der Waals surface area contributed by atoms with Crippen LogP contribution in [0.15, 0.2) is 11.2 Å². The quantitative estimate of drug-likeness (QED) is 0.916.